The Morgan fingerprint density at radius 3 is 2.53 bits per heavy atom. The van der Waals surface area contributed by atoms with E-state index in [9.17, 15) is 9.59 Å². The van der Waals surface area contributed by atoms with E-state index >= 15 is 0 Å². The Bertz CT molecular complexity index is 1100. The van der Waals surface area contributed by atoms with Crippen LogP contribution in [0.1, 0.15) is 25.8 Å². The molecule has 1 atom stereocenters. The molecule has 0 saturated carbocycles. The van der Waals surface area contributed by atoms with E-state index in [1.54, 1.807) is 44.4 Å². The molecule has 7 heteroatoms. The second-order valence-corrected chi connectivity index (χ2v) is 6.82. The van der Waals surface area contributed by atoms with Crippen LogP contribution in [0.5, 0.6) is 17.2 Å². The minimum Gasteiger partial charge on any atom is -0.493 e. The lowest BCUT2D eigenvalue weighted by Gasteiger charge is -2.16. The van der Waals surface area contributed by atoms with Gasteiger partial charge in [0.05, 0.1) is 14.2 Å². The van der Waals surface area contributed by atoms with Crippen LogP contribution in [0.25, 0.3) is 11.0 Å². The average molecular weight is 411 g/mol. The lowest BCUT2D eigenvalue weighted by atomic mass is 10.1. The number of methoxy groups -OCH3 is 2. The Kier molecular flexibility index (Phi) is 6.61. The number of nitrogens with one attached hydrogen (secondary N) is 1. The van der Waals surface area contributed by atoms with E-state index in [2.05, 4.69) is 12.2 Å². The smallest absolute Gasteiger partial charge is 0.336 e. The molecule has 0 bridgehead atoms. The first-order valence-electron chi connectivity index (χ1n) is 9.71. The molecule has 1 aromatic heterocycles. The maximum absolute atomic E-state index is 12.5. The summed E-state index contributed by atoms with van der Waals surface area (Å²) >= 11 is 0. The molecule has 0 spiro atoms. The lowest BCUT2D eigenvalue weighted by molar-refractivity contribution is -0.122. The van der Waals surface area contributed by atoms with Crippen molar-refractivity contribution in [2.45, 2.75) is 32.8 Å². The van der Waals surface area contributed by atoms with Crippen molar-refractivity contribution in [2.75, 3.05) is 19.5 Å². The van der Waals surface area contributed by atoms with Gasteiger partial charge < -0.3 is 23.9 Å². The van der Waals surface area contributed by atoms with Gasteiger partial charge in [0.1, 0.15) is 11.3 Å². The van der Waals surface area contributed by atoms with E-state index in [1.807, 2.05) is 6.07 Å². The highest BCUT2D eigenvalue weighted by Gasteiger charge is 2.17. The monoisotopic (exact) mass is 411 g/mol. The summed E-state index contributed by atoms with van der Waals surface area (Å²) in [5.41, 5.74) is 1.54. The third kappa shape index (κ3) is 4.74. The van der Waals surface area contributed by atoms with Crippen LogP contribution in [0.4, 0.5) is 5.69 Å². The molecule has 1 amide bonds. The van der Waals surface area contributed by atoms with Gasteiger partial charge in [0.2, 0.25) is 0 Å². The van der Waals surface area contributed by atoms with E-state index in [0.717, 1.165) is 23.8 Å². The van der Waals surface area contributed by atoms with Gasteiger partial charge in [-0.15, -0.1) is 0 Å². The van der Waals surface area contributed by atoms with Crippen LogP contribution in [0.3, 0.4) is 0 Å². The van der Waals surface area contributed by atoms with Crippen LogP contribution in [0.15, 0.2) is 51.7 Å². The topological polar surface area (TPSA) is 87.0 Å². The Morgan fingerprint density at radius 2 is 1.83 bits per heavy atom. The fourth-order valence-corrected chi connectivity index (χ4v) is 3.18. The van der Waals surface area contributed by atoms with Crippen molar-refractivity contribution >= 4 is 22.6 Å². The zero-order valence-corrected chi connectivity index (χ0v) is 17.5. The lowest BCUT2D eigenvalue weighted by Crippen LogP contribution is -2.30. The third-order valence-electron chi connectivity index (χ3n) is 4.65. The molecule has 7 nitrogen and oxygen atoms in total. The summed E-state index contributed by atoms with van der Waals surface area (Å²) < 4.78 is 21.5. The molecule has 1 N–H and O–H groups in total. The van der Waals surface area contributed by atoms with Gasteiger partial charge in [-0.2, -0.15) is 0 Å². The normalized spacial score (nSPS) is 11.7. The van der Waals surface area contributed by atoms with Crippen LogP contribution in [-0.4, -0.2) is 26.2 Å². The largest absolute Gasteiger partial charge is 0.493 e. The number of amides is 1. The number of ether oxygens (including phenoxy) is 3. The first-order chi connectivity index (χ1) is 14.4. The predicted octanol–water partition coefficient (Wildman–Crippen LogP) is 4.17. The number of hydrogen-bond acceptors (Lipinski definition) is 6. The maximum atomic E-state index is 12.5. The number of carbonyl (C=O) groups excluding carboxylic acids is 1. The Labute approximate surface area is 174 Å². The van der Waals surface area contributed by atoms with Crippen LogP contribution >= 0.6 is 0 Å². The molecule has 3 aromatic rings. The highest BCUT2D eigenvalue weighted by atomic mass is 16.5. The molecule has 0 aliphatic rings. The van der Waals surface area contributed by atoms with Crippen molar-refractivity contribution < 1.29 is 23.4 Å². The molecular formula is C23H25NO6. The molecule has 0 saturated heterocycles. The van der Waals surface area contributed by atoms with Crippen molar-refractivity contribution in [1.82, 2.24) is 0 Å². The van der Waals surface area contributed by atoms with Gasteiger partial charge in [0, 0.05) is 29.3 Å². The molecule has 0 unspecified atom stereocenters. The first-order valence-corrected chi connectivity index (χ1v) is 9.71. The summed E-state index contributed by atoms with van der Waals surface area (Å²) in [6, 6.07) is 11.9. The predicted molar refractivity (Wildman–Crippen MR) is 115 cm³/mol. The molecule has 3 rings (SSSR count). The minimum atomic E-state index is -0.777. The standard InChI is InChI=1S/C23H25NO6/c1-5-6-15-11-22(25)30-20-13-17(8-9-18(15)20)29-14(2)23(26)24-16-7-10-19(27-3)21(12-16)28-4/h7-14H,5-6H2,1-4H3,(H,24,26)/t14-/m0/s1. The van der Waals surface area contributed by atoms with Crippen molar-refractivity contribution in [3.05, 3.63) is 58.4 Å². The van der Waals surface area contributed by atoms with Gasteiger partial charge in [-0.05, 0) is 43.2 Å². The minimum absolute atomic E-state index is 0.330. The van der Waals surface area contributed by atoms with Gasteiger partial charge in [-0.1, -0.05) is 13.3 Å². The number of fused-ring (bicyclic) bond motifs is 1. The molecule has 0 fully saturated rings. The van der Waals surface area contributed by atoms with Crippen LogP contribution < -0.4 is 25.2 Å². The second kappa shape index (κ2) is 9.35. The number of carbonyl (C=O) groups is 1. The summed E-state index contributed by atoms with van der Waals surface area (Å²) in [4.78, 5) is 24.4. The van der Waals surface area contributed by atoms with Crippen molar-refractivity contribution in [2.24, 2.45) is 0 Å². The molecule has 158 valence electrons. The van der Waals surface area contributed by atoms with Gasteiger partial charge in [0.25, 0.3) is 5.91 Å². The van der Waals surface area contributed by atoms with E-state index < -0.39 is 11.7 Å². The number of rotatable bonds is 8. The summed E-state index contributed by atoms with van der Waals surface area (Å²) in [6.45, 7) is 3.70. The Balaban J connectivity index is 1.75. The molecule has 1 heterocycles. The number of hydrogen-bond donors (Lipinski definition) is 1. The average Bonchev–Trinajstić information content (AvgIpc) is 2.73. The summed E-state index contributed by atoms with van der Waals surface area (Å²) in [7, 11) is 3.07. The zero-order chi connectivity index (χ0) is 21.7. The van der Waals surface area contributed by atoms with Gasteiger partial charge in [0.15, 0.2) is 17.6 Å². The van der Waals surface area contributed by atoms with E-state index in [4.69, 9.17) is 18.6 Å². The number of aryl methyl sites for hydroxylation is 1. The number of anilines is 1. The fourth-order valence-electron chi connectivity index (χ4n) is 3.18. The summed E-state index contributed by atoms with van der Waals surface area (Å²) in [6.07, 6.45) is 0.928. The molecule has 0 aliphatic heterocycles. The van der Waals surface area contributed by atoms with Crippen LogP contribution in [0.2, 0.25) is 0 Å². The van der Waals surface area contributed by atoms with E-state index in [0.29, 0.717) is 28.5 Å². The second-order valence-electron chi connectivity index (χ2n) is 6.82. The van der Waals surface area contributed by atoms with Gasteiger partial charge in [-0.25, -0.2) is 4.79 Å². The summed E-state index contributed by atoms with van der Waals surface area (Å²) in [5.74, 6) is 1.19. The van der Waals surface area contributed by atoms with E-state index in [1.165, 1.54) is 13.2 Å². The zero-order valence-electron chi connectivity index (χ0n) is 17.5. The highest BCUT2D eigenvalue weighted by molar-refractivity contribution is 5.94. The van der Waals surface area contributed by atoms with Gasteiger partial charge in [-0.3, -0.25) is 4.79 Å². The number of benzene rings is 2. The van der Waals surface area contributed by atoms with E-state index in [-0.39, 0.29) is 5.91 Å². The Hall–Kier alpha value is -3.48. The molecule has 0 radical (unpaired) electrons. The van der Waals surface area contributed by atoms with Crippen LogP contribution in [0, 0.1) is 0 Å². The molecular weight excluding hydrogens is 386 g/mol. The van der Waals surface area contributed by atoms with Gasteiger partial charge >= 0.3 is 5.63 Å². The fraction of sp³-hybridized carbons (Fsp3) is 0.304. The van der Waals surface area contributed by atoms with Crippen molar-refractivity contribution in [3.63, 3.8) is 0 Å². The quantitative estimate of drug-likeness (QED) is 0.560. The van der Waals surface area contributed by atoms with Crippen molar-refractivity contribution in [1.29, 1.82) is 0 Å². The Morgan fingerprint density at radius 1 is 1.07 bits per heavy atom. The SMILES string of the molecule is CCCc1cc(=O)oc2cc(O[C@@H](C)C(=O)Nc3ccc(OC)c(OC)c3)ccc12. The van der Waals surface area contributed by atoms with Crippen LogP contribution in [-0.2, 0) is 11.2 Å². The molecule has 0 aliphatic carbocycles. The first kappa shape index (κ1) is 21.2. The van der Waals surface area contributed by atoms with Crippen molar-refractivity contribution in [3.8, 4) is 17.2 Å². The molecule has 2 aromatic carbocycles. The highest BCUT2D eigenvalue weighted by Crippen LogP contribution is 2.30. The molecule has 30 heavy (non-hydrogen) atoms. The maximum Gasteiger partial charge on any atom is 0.336 e. The third-order valence-corrected chi connectivity index (χ3v) is 4.65. The summed E-state index contributed by atoms with van der Waals surface area (Å²) in [5, 5.41) is 3.65.